The highest BCUT2D eigenvalue weighted by atomic mass is 32.2. The molecule has 1 aliphatic heterocycles. The number of methoxy groups -OCH3 is 1. The fraction of sp³-hybridized carbons (Fsp3) is 0.400. The summed E-state index contributed by atoms with van der Waals surface area (Å²) >= 11 is 0. The summed E-state index contributed by atoms with van der Waals surface area (Å²) in [5, 5.41) is 2.00. The van der Waals surface area contributed by atoms with Gasteiger partial charge in [0.25, 0.3) is 0 Å². The molecule has 1 fully saturated rings. The van der Waals surface area contributed by atoms with Crippen LogP contribution in [0.1, 0.15) is 31.2 Å². The Morgan fingerprint density at radius 1 is 1.14 bits per heavy atom. The zero-order valence-electron chi connectivity index (χ0n) is 15.9. The molecule has 2 amide bonds. The Bertz CT molecular complexity index is 1000. The van der Waals surface area contributed by atoms with E-state index in [-0.39, 0.29) is 35.7 Å². The number of nitrogens with one attached hydrogen (secondary N) is 2. The molecule has 0 aromatic heterocycles. The van der Waals surface area contributed by atoms with Crippen molar-refractivity contribution < 1.29 is 22.7 Å². The molecule has 0 radical (unpaired) electrons. The fourth-order valence-corrected chi connectivity index (χ4v) is 5.24. The molecule has 0 unspecified atom stereocenters. The molecule has 1 saturated heterocycles. The van der Waals surface area contributed by atoms with E-state index in [0.29, 0.717) is 6.42 Å². The van der Waals surface area contributed by atoms with Crippen LogP contribution < -0.4 is 15.6 Å². The van der Waals surface area contributed by atoms with Crippen molar-refractivity contribution in [3.63, 3.8) is 0 Å². The number of hydrogen-bond donors (Lipinski definition) is 2. The molecule has 0 spiro atoms. The Morgan fingerprint density at radius 2 is 1.86 bits per heavy atom. The predicted octanol–water partition coefficient (Wildman–Crippen LogP) is 1.92. The maximum atomic E-state index is 12.4. The quantitative estimate of drug-likeness (QED) is 0.742. The topological polar surface area (TPSA) is 102 Å². The average molecular weight is 404 g/mol. The van der Waals surface area contributed by atoms with Crippen molar-refractivity contribution >= 4 is 32.4 Å². The van der Waals surface area contributed by atoms with Crippen LogP contribution in [0, 0.1) is 5.92 Å². The van der Waals surface area contributed by atoms with Crippen molar-refractivity contribution in [2.24, 2.45) is 5.92 Å². The summed E-state index contributed by atoms with van der Waals surface area (Å²) in [4.78, 5) is 24.4. The van der Waals surface area contributed by atoms with E-state index in [0.717, 1.165) is 22.1 Å². The predicted molar refractivity (Wildman–Crippen MR) is 107 cm³/mol. The summed E-state index contributed by atoms with van der Waals surface area (Å²) in [5.41, 5.74) is 5.65. The first-order valence-corrected chi connectivity index (χ1v) is 11.0. The van der Waals surface area contributed by atoms with Crippen molar-refractivity contribution in [1.29, 1.82) is 0 Å². The number of carbonyl (C=O) groups is 2. The van der Waals surface area contributed by atoms with Crippen LogP contribution in [0.15, 0.2) is 36.4 Å². The second-order valence-electron chi connectivity index (χ2n) is 7.20. The maximum Gasteiger partial charge on any atom is 0.245 e. The standard InChI is InChI=1S/C20H24N2O5S/c1-13(15-3-4-17-11-18(27-2)6-5-16(17)10-15)20(24)22-21-19(23)9-14-7-8-28(25,26)12-14/h3-6,10-11,13-14H,7-9,12H2,1-2H3,(H,21,23)(H,22,24)/t13-,14-/m0/s1. The lowest BCUT2D eigenvalue weighted by molar-refractivity contribution is -0.129. The number of sulfone groups is 1. The van der Waals surface area contributed by atoms with Gasteiger partial charge in [0.1, 0.15) is 5.75 Å². The average Bonchev–Trinajstić information content (AvgIpc) is 3.02. The van der Waals surface area contributed by atoms with E-state index >= 15 is 0 Å². The van der Waals surface area contributed by atoms with Gasteiger partial charge in [-0.1, -0.05) is 24.3 Å². The maximum absolute atomic E-state index is 12.4. The number of carbonyl (C=O) groups excluding carboxylic acids is 2. The van der Waals surface area contributed by atoms with Gasteiger partial charge in [0.2, 0.25) is 11.8 Å². The summed E-state index contributed by atoms with van der Waals surface area (Å²) < 4.78 is 28.1. The van der Waals surface area contributed by atoms with Crippen LogP contribution in [-0.2, 0) is 19.4 Å². The second-order valence-corrected chi connectivity index (χ2v) is 9.43. The van der Waals surface area contributed by atoms with Crippen LogP contribution in [0.25, 0.3) is 10.8 Å². The summed E-state index contributed by atoms with van der Waals surface area (Å²) in [7, 11) is -1.41. The van der Waals surface area contributed by atoms with Gasteiger partial charge in [-0.05, 0) is 47.7 Å². The zero-order valence-corrected chi connectivity index (χ0v) is 16.7. The van der Waals surface area contributed by atoms with Crippen molar-refractivity contribution in [3.05, 3.63) is 42.0 Å². The molecule has 0 aliphatic carbocycles. The van der Waals surface area contributed by atoms with Crippen molar-refractivity contribution in [1.82, 2.24) is 10.9 Å². The molecule has 28 heavy (non-hydrogen) atoms. The highest BCUT2D eigenvalue weighted by Gasteiger charge is 2.29. The molecule has 3 rings (SSSR count). The number of fused-ring (bicyclic) bond motifs is 1. The summed E-state index contributed by atoms with van der Waals surface area (Å²) in [6.07, 6.45) is 0.577. The Kier molecular flexibility index (Phi) is 5.88. The number of ether oxygens (including phenoxy) is 1. The molecule has 1 heterocycles. The normalized spacial score (nSPS) is 19.1. The third kappa shape index (κ3) is 4.81. The Morgan fingerprint density at radius 3 is 2.54 bits per heavy atom. The van der Waals surface area contributed by atoms with Gasteiger partial charge in [-0.3, -0.25) is 20.4 Å². The highest BCUT2D eigenvalue weighted by molar-refractivity contribution is 7.91. The van der Waals surface area contributed by atoms with E-state index in [1.54, 1.807) is 14.0 Å². The van der Waals surface area contributed by atoms with Crippen LogP contribution in [0.4, 0.5) is 0 Å². The van der Waals surface area contributed by atoms with Crippen LogP contribution >= 0.6 is 0 Å². The van der Waals surface area contributed by atoms with Gasteiger partial charge in [-0.15, -0.1) is 0 Å². The molecule has 1 aliphatic rings. The first-order valence-electron chi connectivity index (χ1n) is 9.14. The Hall–Kier alpha value is -2.61. The molecular weight excluding hydrogens is 380 g/mol. The van der Waals surface area contributed by atoms with E-state index in [1.165, 1.54) is 0 Å². The van der Waals surface area contributed by atoms with Gasteiger partial charge >= 0.3 is 0 Å². The molecule has 150 valence electrons. The zero-order chi connectivity index (χ0) is 20.3. The molecule has 0 saturated carbocycles. The van der Waals surface area contributed by atoms with E-state index in [4.69, 9.17) is 4.74 Å². The summed E-state index contributed by atoms with van der Waals surface area (Å²) in [5.74, 6) is -0.428. The third-order valence-corrected chi connectivity index (χ3v) is 6.93. The van der Waals surface area contributed by atoms with Crippen LogP contribution in [0.5, 0.6) is 5.75 Å². The van der Waals surface area contributed by atoms with E-state index < -0.39 is 15.8 Å². The lowest BCUT2D eigenvalue weighted by Gasteiger charge is -2.15. The molecule has 2 atom stereocenters. The molecule has 0 bridgehead atoms. The highest BCUT2D eigenvalue weighted by Crippen LogP contribution is 2.25. The second kappa shape index (κ2) is 8.18. The number of benzene rings is 2. The van der Waals surface area contributed by atoms with Gasteiger partial charge in [-0.2, -0.15) is 0 Å². The summed E-state index contributed by atoms with van der Waals surface area (Å²) in [6.45, 7) is 1.76. The van der Waals surface area contributed by atoms with Crippen LogP contribution in [-0.4, -0.2) is 38.8 Å². The molecule has 7 nitrogen and oxygen atoms in total. The van der Waals surface area contributed by atoms with Gasteiger partial charge in [-0.25, -0.2) is 8.42 Å². The SMILES string of the molecule is COc1ccc2cc([C@H](C)C(=O)NNC(=O)C[C@@H]3CCS(=O)(=O)C3)ccc2c1. The van der Waals surface area contributed by atoms with Gasteiger partial charge in [0.15, 0.2) is 9.84 Å². The first kappa shape index (κ1) is 20.1. The largest absolute Gasteiger partial charge is 0.497 e. The third-order valence-electron chi connectivity index (χ3n) is 5.09. The monoisotopic (exact) mass is 404 g/mol. The van der Waals surface area contributed by atoms with E-state index in [9.17, 15) is 18.0 Å². The van der Waals surface area contributed by atoms with Gasteiger partial charge in [0.05, 0.1) is 24.5 Å². The Balaban J connectivity index is 1.56. The minimum atomic E-state index is -3.02. The smallest absolute Gasteiger partial charge is 0.245 e. The van der Waals surface area contributed by atoms with Crippen LogP contribution in [0.3, 0.4) is 0 Å². The number of amides is 2. The van der Waals surface area contributed by atoms with Crippen molar-refractivity contribution in [3.8, 4) is 5.75 Å². The molecule has 8 heteroatoms. The minimum Gasteiger partial charge on any atom is -0.497 e. The van der Waals surface area contributed by atoms with Gasteiger partial charge < -0.3 is 4.74 Å². The van der Waals surface area contributed by atoms with Crippen LogP contribution in [0.2, 0.25) is 0 Å². The molecular formula is C20H24N2O5S. The first-order chi connectivity index (χ1) is 13.3. The van der Waals surface area contributed by atoms with Gasteiger partial charge in [0, 0.05) is 6.42 Å². The lowest BCUT2D eigenvalue weighted by Crippen LogP contribution is -2.44. The molecule has 2 aromatic rings. The fourth-order valence-electron chi connectivity index (χ4n) is 3.38. The van der Waals surface area contributed by atoms with Crippen molar-refractivity contribution in [2.45, 2.75) is 25.7 Å². The van der Waals surface area contributed by atoms with E-state index in [2.05, 4.69) is 10.9 Å². The van der Waals surface area contributed by atoms with Crippen molar-refractivity contribution in [2.75, 3.05) is 18.6 Å². The van der Waals surface area contributed by atoms with E-state index in [1.807, 2.05) is 36.4 Å². The molecule has 2 N–H and O–H groups in total. The number of hydrogen-bond acceptors (Lipinski definition) is 5. The number of rotatable bonds is 5. The molecule has 2 aromatic carbocycles. The Labute approximate surface area is 164 Å². The lowest BCUT2D eigenvalue weighted by atomic mass is 9.97. The number of hydrazine groups is 1. The minimum absolute atomic E-state index is 0.0344. The summed E-state index contributed by atoms with van der Waals surface area (Å²) in [6, 6.07) is 11.4.